The first kappa shape index (κ1) is 11.5. The summed E-state index contributed by atoms with van der Waals surface area (Å²) < 4.78 is 0. The molecule has 1 rings (SSSR count). The minimum atomic E-state index is -0.372. The predicted molar refractivity (Wildman–Crippen MR) is 57.9 cm³/mol. The van der Waals surface area contributed by atoms with E-state index in [2.05, 4.69) is 0 Å². The molecule has 0 aromatic heterocycles. The van der Waals surface area contributed by atoms with Crippen LogP contribution in [0.1, 0.15) is 46.0 Å². The maximum absolute atomic E-state index is 11.8. The zero-order valence-electron chi connectivity index (χ0n) is 9.38. The maximum atomic E-state index is 11.8. The van der Waals surface area contributed by atoms with Crippen LogP contribution in [-0.4, -0.2) is 29.4 Å². The molecule has 82 valence electrons. The minimum absolute atomic E-state index is 0.222. The van der Waals surface area contributed by atoms with E-state index in [4.69, 9.17) is 5.73 Å². The van der Waals surface area contributed by atoms with E-state index in [1.807, 2.05) is 18.7 Å². The molecular weight excluding hydrogens is 176 g/mol. The Morgan fingerprint density at radius 2 is 1.71 bits per heavy atom. The fourth-order valence-corrected chi connectivity index (χ4v) is 1.82. The maximum Gasteiger partial charge on any atom is 0.224 e. The third kappa shape index (κ3) is 4.09. The zero-order chi connectivity index (χ0) is 10.6. The summed E-state index contributed by atoms with van der Waals surface area (Å²) in [5.41, 5.74) is 5.46. The number of carbonyl (C=O) groups is 1. The van der Waals surface area contributed by atoms with Crippen LogP contribution in [0.15, 0.2) is 0 Å². The lowest BCUT2D eigenvalue weighted by Crippen LogP contribution is -2.41. The van der Waals surface area contributed by atoms with Crippen LogP contribution in [0.3, 0.4) is 0 Å². The van der Waals surface area contributed by atoms with Gasteiger partial charge in [0.2, 0.25) is 5.91 Å². The van der Waals surface area contributed by atoms with Crippen LogP contribution in [0, 0.1) is 0 Å². The molecular formula is C11H22N2O. The topological polar surface area (TPSA) is 46.3 Å². The van der Waals surface area contributed by atoms with E-state index in [1.54, 1.807) is 0 Å². The van der Waals surface area contributed by atoms with Crippen LogP contribution in [0.2, 0.25) is 0 Å². The molecule has 0 bridgehead atoms. The van der Waals surface area contributed by atoms with Crippen molar-refractivity contribution in [2.75, 3.05) is 13.1 Å². The summed E-state index contributed by atoms with van der Waals surface area (Å²) >= 11 is 0. The third-order valence-electron chi connectivity index (χ3n) is 2.57. The molecule has 2 N–H and O–H groups in total. The number of carbonyl (C=O) groups excluding carboxylic acids is 1. The molecule has 0 atom stereocenters. The van der Waals surface area contributed by atoms with Gasteiger partial charge in [0, 0.05) is 25.0 Å². The quantitative estimate of drug-likeness (QED) is 0.731. The fraction of sp³-hybridized carbons (Fsp3) is 0.909. The van der Waals surface area contributed by atoms with E-state index in [1.165, 1.54) is 12.8 Å². The highest BCUT2D eigenvalue weighted by Crippen LogP contribution is 2.13. The smallest absolute Gasteiger partial charge is 0.224 e. The number of likely N-dealkylation sites (tertiary alicyclic amines) is 1. The normalized spacial score (nSPS) is 19.2. The van der Waals surface area contributed by atoms with Gasteiger partial charge >= 0.3 is 0 Å². The van der Waals surface area contributed by atoms with Crippen LogP contribution < -0.4 is 5.73 Å². The largest absolute Gasteiger partial charge is 0.343 e. The summed E-state index contributed by atoms with van der Waals surface area (Å²) in [6.07, 6.45) is 5.28. The van der Waals surface area contributed by atoms with Gasteiger partial charge in [-0.1, -0.05) is 12.8 Å². The molecule has 0 radical (unpaired) electrons. The molecule has 0 aromatic carbocycles. The van der Waals surface area contributed by atoms with Crippen molar-refractivity contribution < 1.29 is 4.79 Å². The molecule has 0 saturated carbocycles. The monoisotopic (exact) mass is 198 g/mol. The standard InChI is InChI=1S/C11H22N2O/c1-11(2,12)9-10(14)13-7-5-3-4-6-8-13/h3-9,12H2,1-2H3. The van der Waals surface area contributed by atoms with Crippen LogP contribution >= 0.6 is 0 Å². The number of rotatable bonds is 2. The third-order valence-corrected chi connectivity index (χ3v) is 2.57. The van der Waals surface area contributed by atoms with Crippen molar-refractivity contribution >= 4 is 5.91 Å². The molecule has 3 heteroatoms. The van der Waals surface area contributed by atoms with Gasteiger partial charge in [-0.25, -0.2) is 0 Å². The van der Waals surface area contributed by atoms with Gasteiger partial charge in [0.15, 0.2) is 0 Å². The van der Waals surface area contributed by atoms with Crippen molar-refractivity contribution in [3.05, 3.63) is 0 Å². The van der Waals surface area contributed by atoms with Gasteiger partial charge in [0.05, 0.1) is 0 Å². The van der Waals surface area contributed by atoms with Gasteiger partial charge < -0.3 is 10.6 Å². The van der Waals surface area contributed by atoms with Crippen molar-refractivity contribution in [3.63, 3.8) is 0 Å². The van der Waals surface area contributed by atoms with Crippen LogP contribution in [0.4, 0.5) is 0 Å². The Kier molecular flexibility index (Phi) is 3.93. The summed E-state index contributed by atoms with van der Waals surface area (Å²) in [5.74, 6) is 0.222. The first-order chi connectivity index (χ1) is 6.49. The number of hydrogen-bond acceptors (Lipinski definition) is 2. The lowest BCUT2D eigenvalue weighted by Gasteiger charge is -2.25. The van der Waals surface area contributed by atoms with Crippen molar-refractivity contribution in [2.24, 2.45) is 5.73 Å². The van der Waals surface area contributed by atoms with Gasteiger partial charge in [-0.15, -0.1) is 0 Å². The second kappa shape index (κ2) is 4.78. The zero-order valence-corrected chi connectivity index (χ0v) is 9.38. The molecule has 1 aliphatic rings. The van der Waals surface area contributed by atoms with Gasteiger partial charge in [-0.3, -0.25) is 4.79 Å². The first-order valence-electron chi connectivity index (χ1n) is 5.56. The van der Waals surface area contributed by atoms with Crippen molar-refractivity contribution in [2.45, 2.75) is 51.5 Å². The van der Waals surface area contributed by atoms with E-state index < -0.39 is 0 Å². The Bertz CT molecular complexity index is 188. The molecule has 1 fully saturated rings. The highest BCUT2D eigenvalue weighted by Gasteiger charge is 2.21. The van der Waals surface area contributed by atoms with E-state index >= 15 is 0 Å². The van der Waals surface area contributed by atoms with Crippen molar-refractivity contribution in [1.29, 1.82) is 0 Å². The number of hydrogen-bond donors (Lipinski definition) is 1. The molecule has 0 unspecified atom stereocenters. The lowest BCUT2D eigenvalue weighted by molar-refractivity contribution is -0.132. The minimum Gasteiger partial charge on any atom is -0.343 e. The predicted octanol–water partition coefficient (Wildman–Crippen LogP) is 1.52. The van der Waals surface area contributed by atoms with Crippen LogP contribution in [0.25, 0.3) is 0 Å². The summed E-state index contributed by atoms with van der Waals surface area (Å²) in [7, 11) is 0. The summed E-state index contributed by atoms with van der Waals surface area (Å²) in [6.45, 7) is 5.66. The first-order valence-corrected chi connectivity index (χ1v) is 5.56. The number of amides is 1. The van der Waals surface area contributed by atoms with Gasteiger partial charge in [0.1, 0.15) is 0 Å². The fourth-order valence-electron chi connectivity index (χ4n) is 1.82. The highest BCUT2D eigenvalue weighted by atomic mass is 16.2. The number of nitrogens with two attached hydrogens (primary N) is 1. The van der Waals surface area contributed by atoms with E-state index in [-0.39, 0.29) is 11.4 Å². The average Bonchev–Trinajstić information content (AvgIpc) is 2.27. The molecule has 1 aliphatic heterocycles. The van der Waals surface area contributed by atoms with Gasteiger partial charge in [0.25, 0.3) is 0 Å². The van der Waals surface area contributed by atoms with Crippen molar-refractivity contribution in [1.82, 2.24) is 4.90 Å². The summed E-state index contributed by atoms with van der Waals surface area (Å²) in [4.78, 5) is 13.8. The molecule has 14 heavy (non-hydrogen) atoms. The highest BCUT2D eigenvalue weighted by molar-refractivity contribution is 5.77. The Hall–Kier alpha value is -0.570. The average molecular weight is 198 g/mol. The molecule has 1 amide bonds. The Balaban J connectivity index is 2.42. The van der Waals surface area contributed by atoms with Gasteiger partial charge in [-0.2, -0.15) is 0 Å². The molecule has 0 spiro atoms. The van der Waals surface area contributed by atoms with Crippen molar-refractivity contribution in [3.8, 4) is 0 Å². The Morgan fingerprint density at radius 1 is 1.21 bits per heavy atom. The van der Waals surface area contributed by atoms with Crippen LogP contribution in [0.5, 0.6) is 0 Å². The summed E-state index contributed by atoms with van der Waals surface area (Å²) in [5, 5.41) is 0. The van der Waals surface area contributed by atoms with Crippen LogP contribution in [-0.2, 0) is 4.79 Å². The summed E-state index contributed by atoms with van der Waals surface area (Å²) in [6, 6.07) is 0. The molecule has 0 aliphatic carbocycles. The van der Waals surface area contributed by atoms with Gasteiger partial charge in [-0.05, 0) is 26.7 Å². The lowest BCUT2D eigenvalue weighted by atomic mass is 10.0. The number of nitrogens with zero attached hydrogens (tertiary/aromatic N) is 1. The molecule has 1 saturated heterocycles. The SMILES string of the molecule is CC(C)(N)CC(=O)N1CCCCCC1. The molecule has 3 nitrogen and oxygen atoms in total. The Labute approximate surface area is 86.6 Å². The van der Waals surface area contributed by atoms with E-state index in [0.717, 1.165) is 25.9 Å². The van der Waals surface area contributed by atoms with E-state index in [9.17, 15) is 4.79 Å². The second-order valence-electron chi connectivity index (χ2n) is 4.96. The van der Waals surface area contributed by atoms with E-state index in [0.29, 0.717) is 6.42 Å². The molecule has 0 aromatic rings. The Morgan fingerprint density at radius 3 is 2.14 bits per heavy atom. The second-order valence-corrected chi connectivity index (χ2v) is 4.96. The molecule has 1 heterocycles.